The van der Waals surface area contributed by atoms with Crippen LogP contribution in [-0.4, -0.2) is 5.91 Å². The molecule has 1 aromatic rings. The molecule has 0 aromatic heterocycles. The number of amides is 1. The van der Waals surface area contributed by atoms with Gasteiger partial charge < -0.3 is 5.73 Å². The molecule has 0 unspecified atom stereocenters. The molecule has 1 fully saturated rings. The molecule has 0 atom stereocenters. The van der Waals surface area contributed by atoms with E-state index >= 15 is 0 Å². The van der Waals surface area contributed by atoms with E-state index in [1.165, 1.54) is 0 Å². The van der Waals surface area contributed by atoms with Crippen molar-refractivity contribution in [1.82, 2.24) is 0 Å². The van der Waals surface area contributed by atoms with Crippen LogP contribution in [0.3, 0.4) is 0 Å². The lowest BCUT2D eigenvalue weighted by molar-refractivity contribution is -0.117. The average molecular weight is 274 g/mol. The van der Waals surface area contributed by atoms with Crippen molar-refractivity contribution in [2.24, 2.45) is 5.73 Å². The minimum Gasteiger partial charge on any atom is -0.369 e. The Morgan fingerprint density at radius 2 is 2.20 bits per heavy atom. The molecule has 1 aliphatic carbocycles. The molecule has 1 saturated carbocycles. The molecular weight excluding hydrogens is 255 g/mol. The zero-order valence-electron chi connectivity index (χ0n) is 11.9. The third kappa shape index (κ3) is 2.53. The molecule has 2 rings (SSSR count). The van der Waals surface area contributed by atoms with E-state index < -0.39 is 11.7 Å². The molecule has 0 bridgehead atoms. The lowest BCUT2D eigenvalue weighted by Crippen LogP contribution is -2.21. The van der Waals surface area contributed by atoms with Crippen LogP contribution in [-0.2, 0) is 11.2 Å². The van der Waals surface area contributed by atoms with Crippen LogP contribution in [0.2, 0.25) is 0 Å². The SMILES string of the molecule is CC(C)c1c(F)c(C#N)cc(C2CCC2)c1CC(N)=O. The van der Waals surface area contributed by atoms with Crippen LogP contribution in [0.15, 0.2) is 6.07 Å². The van der Waals surface area contributed by atoms with Crippen LogP contribution in [0, 0.1) is 17.1 Å². The predicted molar refractivity (Wildman–Crippen MR) is 74.7 cm³/mol. The van der Waals surface area contributed by atoms with Gasteiger partial charge in [0.15, 0.2) is 0 Å². The molecule has 4 heteroatoms. The summed E-state index contributed by atoms with van der Waals surface area (Å²) >= 11 is 0. The summed E-state index contributed by atoms with van der Waals surface area (Å²) < 4.78 is 14.4. The van der Waals surface area contributed by atoms with Crippen molar-refractivity contribution in [1.29, 1.82) is 5.26 Å². The second-order valence-corrected chi connectivity index (χ2v) is 5.76. The first kappa shape index (κ1) is 14.5. The van der Waals surface area contributed by atoms with Gasteiger partial charge in [-0.1, -0.05) is 20.3 Å². The zero-order chi connectivity index (χ0) is 14.9. The van der Waals surface area contributed by atoms with Gasteiger partial charge in [0, 0.05) is 0 Å². The van der Waals surface area contributed by atoms with Crippen molar-refractivity contribution in [3.8, 4) is 6.07 Å². The number of carbonyl (C=O) groups excluding carboxylic acids is 1. The molecule has 0 radical (unpaired) electrons. The third-order valence-corrected chi connectivity index (χ3v) is 4.04. The highest BCUT2D eigenvalue weighted by atomic mass is 19.1. The summed E-state index contributed by atoms with van der Waals surface area (Å²) in [6, 6.07) is 3.54. The van der Waals surface area contributed by atoms with Crippen molar-refractivity contribution in [2.45, 2.75) is 51.4 Å². The van der Waals surface area contributed by atoms with Crippen LogP contribution in [0.4, 0.5) is 4.39 Å². The lowest BCUT2D eigenvalue weighted by Gasteiger charge is -2.30. The number of nitriles is 1. The number of nitrogens with zero attached hydrogens (tertiary/aromatic N) is 1. The van der Waals surface area contributed by atoms with Gasteiger partial charge in [0.25, 0.3) is 0 Å². The van der Waals surface area contributed by atoms with Gasteiger partial charge >= 0.3 is 0 Å². The quantitative estimate of drug-likeness (QED) is 0.916. The summed E-state index contributed by atoms with van der Waals surface area (Å²) in [7, 11) is 0. The molecule has 0 aliphatic heterocycles. The highest BCUT2D eigenvalue weighted by molar-refractivity contribution is 5.78. The molecular formula is C16H19FN2O. The largest absolute Gasteiger partial charge is 0.369 e. The average Bonchev–Trinajstić information content (AvgIpc) is 2.28. The number of halogens is 1. The Bertz CT molecular complexity index is 583. The number of nitrogens with two attached hydrogens (primary N) is 1. The summed E-state index contributed by atoms with van der Waals surface area (Å²) in [6.07, 6.45) is 3.23. The van der Waals surface area contributed by atoms with E-state index in [-0.39, 0.29) is 17.9 Å². The Kier molecular flexibility index (Phi) is 4.08. The van der Waals surface area contributed by atoms with E-state index in [0.29, 0.717) is 17.0 Å². The fraction of sp³-hybridized carbons (Fsp3) is 0.500. The van der Waals surface area contributed by atoms with E-state index in [4.69, 9.17) is 11.0 Å². The Hall–Kier alpha value is -1.89. The summed E-state index contributed by atoms with van der Waals surface area (Å²) in [6.45, 7) is 3.74. The van der Waals surface area contributed by atoms with E-state index in [1.54, 1.807) is 6.07 Å². The predicted octanol–water partition coefficient (Wildman–Crippen LogP) is 3.12. The molecule has 0 heterocycles. The highest BCUT2D eigenvalue weighted by Gasteiger charge is 2.28. The Morgan fingerprint density at radius 1 is 1.55 bits per heavy atom. The van der Waals surface area contributed by atoms with Crippen LogP contribution in [0.25, 0.3) is 0 Å². The van der Waals surface area contributed by atoms with E-state index in [2.05, 4.69) is 0 Å². The first-order chi connectivity index (χ1) is 9.45. The monoisotopic (exact) mass is 274 g/mol. The smallest absolute Gasteiger partial charge is 0.221 e. The molecule has 2 N–H and O–H groups in total. The van der Waals surface area contributed by atoms with Gasteiger partial charge in [0.05, 0.1) is 12.0 Å². The van der Waals surface area contributed by atoms with Crippen molar-refractivity contribution in [3.05, 3.63) is 34.1 Å². The molecule has 0 spiro atoms. The zero-order valence-corrected chi connectivity index (χ0v) is 11.9. The van der Waals surface area contributed by atoms with Crippen LogP contribution >= 0.6 is 0 Å². The standard InChI is InChI=1S/C16H19FN2O/c1-9(2)15-13(7-14(19)20)12(10-4-3-5-10)6-11(8-18)16(15)17/h6,9-10H,3-5,7H2,1-2H3,(H2,19,20). The number of benzene rings is 1. The second-order valence-electron chi connectivity index (χ2n) is 5.76. The molecule has 20 heavy (non-hydrogen) atoms. The summed E-state index contributed by atoms with van der Waals surface area (Å²) in [4.78, 5) is 11.3. The van der Waals surface area contributed by atoms with Crippen LogP contribution in [0.5, 0.6) is 0 Å². The number of carbonyl (C=O) groups is 1. The van der Waals surface area contributed by atoms with Crippen LogP contribution < -0.4 is 5.73 Å². The maximum absolute atomic E-state index is 14.4. The fourth-order valence-electron chi connectivity index (χ4n) is 2.88. The van der Waals surface area contributed by atoms with Gasteiger partial charge in [-0.05, 0) is 47.4 Å². The minimum absolute atomic E-state index is 0.0436. The van der Waals surface area contributed by atoms with E-state index in [1.807, 2.05) is 19.9 Å². The third-order valence-electron chi connectivity index (χ3n) is 4.04. The van der Waals surface area contributed by atoms with Crippen molar-refractivity contribution in [2.75, 3.05) is 0 Å². The normalized spacial score (nSPS) is 14.9. The number of primary amides is 1. The molecule has 1 amide bonds. The first-order valence-electron chi connectivity index (χ1n) is 6.99. The first-order valence-corrected chi connectivity index (χ1v) is 6.99. The van der Waals surface area contributed by atoms with Crippen molar-refractivity contribution in [3.63, 3.8) is 0 Å². The molecule has 1 aliphatic rings. The Morgan fingerprint density at radius 3 is 2.60 bits per heavy atom. The second kappa shape index (κ2) is 5.62. The summed E-state index contributed by atoms with van der Waals surface area (Å²) in [5, 5.41) is 9.11. The molecule has 106 valence electrons. The summed E-state index contributed by atoms with van der Waals surface area (Å²) in [5.74, 6) is -0.718. The highest BCUT2D eigenvalue weighted by Crippen LogP contribution is 2.41. The van der Waals surface area contributed by atoms with Crippen molar-refractivity contribution < 1.29 is 9.18 Å². The molecule has 1 aromatic carbocycles. The number of rotatable bonds is 4. The van der Waals surface area contributed by atoms with Gasteiger partial charge in [-0.15, -0.1) is 0 Å². The fourth-order valence-corrected chi connectivity index (χ4v) is 2.88. The van der Waals surface area contributed by atoms with Crippen LogP contribution in [0.1, 0.15) is 67.2 Å². The maximum atomic E-state index is 14.4. The maximum Gasteiger partial charge on any atom is 0.221 e. The van der Waals surface area contributed by atoms with Crippen molar-refractivity contribution >= 4 is 5.91 Å². The van der Waals surface area contributed by atoms with Gasteiger partial charge in [0.1, 0.15) is 11.9 Å². The Labute approximate surface area is 118 Å². The lowest BCUT2D eigenvalue weighted by atomic mass is 9.75. The molecule has 0 saturated heterocycles. The molecule has 3 nitrogen and oxygen atoms in total. The van der Waals surface area contributed by atoms with Gasteiger partial charge in [-0.25, -0.2) is 4.39 Å². The van der Waals surface area contributed by atoms with E-state index in [9.17, 15) is 9.18 Å². The number of hydrogen-bond donors (Lipinski definition) is 1. The summed E-state index contributed by atoms with van der Waals surface area (Å²) in [5.41, 5.74) is 7.51. The van der Waals surface area contributed by atoms with Gasteiger partial charge in [-0.3, -0.25) is 4.79 Å². The topological polar surface area (TPSA) is 66.9 Å². The van der Waals surface area contributed by atoms with Gasteiger partial charge in [0.2, 0.25) is 5.91 Å². The van der Waals surface area contributed by atoms with E-state index in [0.717, 1.165) is 24.8 Å². The minimum atomic E-state index is -0.498. The number of hydrogen-bond acceptors (Lipinski definition) is 2. The van der Waals surface area contributed by atoms with Gasteiger partial charge in [-0.2, -0.15) is 5.26 Å². The Balaban J connectivity index is 2.67.